The molecule has 1 heterocycles. The maximum absolute atomic E-state index is 13.1. The van der Waals surface area contributed by atoms with Crippen molar-refractivity contribution in [3.8, 4) is 0 Å². The Balaban J connectivity index is 1.94. The van der Waals surface area contributed by atoms with E-state index in [0.29, 0.717) is 12.8 Å². The van der Waals surface area contributed by atoms with E-state index in [-0.39, 0.29) is 5.69 Å². The summed E-state index contributed by atoms with van der Waals surface area (Å²) < 4.78 is 18.1. The van der Waals surface area contributed by atoms with E-state index in [9.17, 15) is 23.6 Å². The van der Waals surface area contributed by atoms with Crippen molar-refractivity contribution in [3.63, 3.8) is 0 Å². The minimum absolute atomic E-state index is 0.215. The Bertz CT molecular complexity index is 763. The summed E-state index contributed by atoms with van der Waals surface area (Å²) in [5.74, 6) is -2.58. The Morgan fingerprint density at radius 1 is 1.30 bits per heavy atom. The van der Waals surface area contributed by atoms with Crippen molar-refractivity contribution in [2.45, 2.75) is 45.3 Å². The van der Waals surface area contributed by atoms with Crippen molar-refractivity contribution >= 4 is 29.5 Å². The zero-order chi connectivity index (χ0) is 20.2. The van der Waals surface area contributed by atoms with Crippen LogP contribution in [0.5, 0.6) is 0 Å². The van der Waals surface area contributed by atoms with Gasteiger partial charge < -0.3 is 15.4 Å². The zero-order valence-electron chi connectivity index (χ0n) is 15.4. The van der Waals surface area contributed by atoms with E-state index in [0.717, 1.165) is 11.0 Å². The molecule has 1 aliphatic rings. The maximum Gasteiger partial charge on any atom is 0.327 e. The monoisotopic (exact) mass is 379 g/mol. The van der Waals surface area contributed by atoms with E-state index >= 15 is 0 Å². The summed E-state index contributed by atoms with van der Waals surface area (Å²) in [6, 6.07) is 4.58. The van der Waals surface area contributed by atoms with Crippen LogP contribution in [0.4, 0.5) is 14.9 Å². The van der Waals surface area contributed by atoms with Gasteiger partial charge in [0.2, 0.25) is 0 Å². The average molecular weight is 379 g/mol. The molecule has 9 heteroatoms. The summed E-state index contributed by atoms with van der Waals surface area (Å²) in [6.07, 6.45) is -0.401. The van der Waals surface area contributed by atoms with Crippen LogP contribution in [0, 0.1) is 5.82 Å². The second-order valence-electron chi connectivity index (χ2n) is 6.24. The van der Waals surface area contributed by atoms with Gasteiger partial charge >= 0.3 is 12.0 Å². The Hall–Kier alpha value is -2.97. The molecule has 8 nitrogen and oxygen atoms in total. The van der Waals surface area contributed by atoms with E-state index in [2.05, 4.69) is 10.6 Å². The number of esters is 1. The molecule has 2 rings (SSSR count). The van der Waals surface area contributed by atoms with Gasteiger partial charge in [-0.2, -0.15) is 0 Å². The minimum Gasteiger partial charge on any atom is -0.451 e. The lowest BCUT2D eigenvalue weighted by Gasteiger charge is -2.23. The molecule has 1 aliphatic heterocycles. The second-order valence-corrected chi connectivity index (χ2v) is 6.24. The molecule has 0 radical (unpaired) electrons. The highest BCUT2D eigenvalue weighted by Crippen LogP contribution is 2.24. The number of imide groups is 1. The lowest BCUT2D eigenvalue weighted by molar-refractivity contribution is -0.155. The Labute approximate surface area is 156 Å². The SMILES string of the molecule is CCC1(CC)NC(=O)N(CC(=O)O[C@H](C)C(=O)Nc2cccc(F)c2)C1=O. The summed E-state index contributed by atoms with van der Waals surface area (Å²) in [5, 5.41) is 5.02. The number of nitrogens with one attached hydrogen (secondary N) is 2. The topological polar surface area (TPSA) is 105 Å². The van der Waals surface area contributed by atoms with Gasteiger partial charge in [-0.25, -0.2) is 9.18 Å². The van der Waals surface area contributed by atoms with Gasteiger partial charge in [0.05, 0.1) is 0 Å². The molecule has 1 atom stereocenters. The summed E-state index contributed by atoms with van der Waals surface area (Å²) in [6.45, 7) is 4.27. The van der Waals surface area contributed by atoms with Crippen LogP contribution in [0.3, 0.4) is 0 Å². The normalized spacial score (nSPS) is 16.7. The van der Waals surface area contributed by atoms with Gasteiger partial charge in [-0.3, -0.25) is 19.3 Å². The van der Waals surface area contributed by atoms with Gasteiger partial charge in [0.25, 0.3) is 11.8 Å². The van der Waals surface area contributed by atoms with E-state index in [1.807, 2.05) is 0 Å². The van der Waals surface area contributed by atoms with Gasteiger partial charge in [0.1, 0.15) is 17.9 Å². The molecule has 1 aromatic carbocycles. The van der Waals surface area contributed by atoms with E-state index in [1.165, 1.54) is 25.1 Å². The third kappa shape index (κ3) is 4.42. The zero-order valence-corrected chi connectivity index (χ0v) is 15.4. The Morgan fingerprint density at radius 2 is 1.96 bits per heavy atom. The Morgan fingerprint density at radius 3 is 2.52 bits per heavy atom. The first-order valence-corrected chi connectivity index (χ1v) is 8.62. The molecule has 0 unspecified atom stereocenters. The first kappa shape index (κ1) is 20.3. The number of rotatable bonds is 7. The molecule has 0 spiro atoms. The molecular formula is C18H22FN3O5. The van der Waals surface area contributed by atoms with Gasteiger partial charge in [0.15, 0.2) is 6.10 Å². The number of halogens is 1. The summed E-state index contributed by atoms with van der Waals surface area (Å²) >= 11 is 0. The first-order chi connectivity index (χ1) is 12.7. The highest BCUT2D eigenvalue weighted by Gasteiger charge is 2.49. The first-order valence-electron chi connectivity index (χ1n) is 8.62. The van der Waals surface area contributed by atoms with Crippen LogP contribution in [0.2, 0.25) is 0 Å². The fraction of sp³-hybridized carbons (Fsp3) is 0.444. The van der Waals surface area contributed by atoms with Crippen molar-refractivity contribution in [1.29, 1.82) is 0 Å². The molecule has 0 aromatic heterocycles. The second kappa shape index (κ2) is 8.15. The number of ether oxygens (including phenoxy) is 1. The number of nitrogens with zero attached hydrogens (tertiary/aromatic N) is 1. The van der Waals surface area contributed by atoms with Gasteiger partial charge in [0, 0.05) is 5.69 Å². The number of amides is 4. The van der Waals surface area contributed by atoms with Crippen molar-refractivity contribution in [3.05, 3.63) is 30.1 Å². The molecule has 1 saturated heterocycles. The average Bonchev–Trinajstić information content (AvgIpc) is 2.86. The fourth-order valence-electron chi connectivity index (χ4n) is 2.78. The van der Waals surface area contributed by atoms with Gasteiger partial charge in [-0.1, -0.05) is 19.9 Å². The quantitative estimate of drug-likeness (QED) is 0.555. The Kier molecular flexibility index (Phi) is 6.14. The molecule has 0 aliphatic carbocycles. The van der Waals surface area contributed by atoms with Crippen LogP contribution in [-0.4, -0.2) is 46.9 Å². The number of benzene rings is 1. The van der Waals surface area contributed by atoms with Crippen LogP contribution >= 0.6 is 0 Å². The molecular weight excluding hydrogens is 357 g/mol. The third-order valence-corrected chi connectivity index (χ3v) is 4.51. The molecule has 0 saturated carbocycles. The minimum atomic E-state index is -1.19. The highest BCUT2D eigenvalue weighted by atomic mass is 19.1. The van der Waals surface area contributed by atoms with Crippen LogP contribution in [0.25, 0.3) is 0 Å². The van der Waals surface area contributed by atoms with Crippen molar-refractivity contribution < 1.29 is 28.3 Å². The van der Waals surface area contributed by atoms with Crippen molar-refractivity contribution in [2.75, 3.05) is 11.9 Å². The van der Waals surface area contributed by atoms with Crippen LogP contribution in [0.1, 0.15) is 33.6 Å². The number of urea groups is 1. The van der Waals surface area contributed by atoms with Gasteiger partial charge in [-0.15, -0.1) is 0 Å². The molecule has 0 bridgehead atoms. The molecule has 27 heavy (non-hydrogen) atoms. The largest absolute Gasteiger partial charge is 0.451 e. The highest BCUT2D eigenvalue weighted by molar-refractivity contribution is 6.08. The number of hydrogen-bond acceptors (Lipinski definition) is 5. The fourth-order valence-corrected chi connectivity index (χ4v) is 2.78. The van der Waals surface area contributed by atoms with E-state index in [1.54, 1.807) is 13.8 Å². The molecule has 1 fully saturated rings. The summed E-state index contributed by atoms with van der Waals surface area (Å²) in [5.41, 5.74) is -0.801. The molecule has 4 amide bonds. The lowest BCUT2D eigenvalue weighted by Crippen LogP contribution is -2.46. The smallest absolute Gasteiger partial charge is 0.327 e. The predicted molar refractivity (Wildman–Crippen MR) is 94.1 cm³/mol. The van der Waals surface area contributed by atoms with Crippen LogP contribution in [-0.2, 0) is 19.1 Å². The van der Waals surface area contributed by atoms with Crippen molar-refractivity contribution in [1.82, 2.24) is 10.2 Å². The lowest BCUT2D eigenvalue weighted by atomic mass is 9.93. The summed E-state index contributed by atoms with van der Waals surface area (Å²) in [4.78, 5) is 49.4. The van der Waals surface area contributed by atoms with Crippen LogP contribution in [0.15, 0.2) is 24.3 Å². The number of anilines is 1. The molecule has 1 aromatic rings. The predicted octanol–water partition coefficient (Wildman–Crippen LogP) is 1.81. The number of carbonyl (C=O) groups excluding carboxylic acids is 4. The van der Waals surface area contributed by atoms with Crippen molar-refractivity contribution in [2.24, 2.45) is 0 Å². The number of hydrogen-bond donors (Lipinski definition) is 2. The van der Waals surface area contributed by atoms with Gasteiger partial charge in [-0.05, 0) is 38.0 Å². The molecule has 146 valence electrons. The number of carbonyl (C=O) groups is 4. The van der Waals surface area contributed by atoms with E-state index in [4.69, 9.17) is 4.74 Å². The van der Waals surface area contributed by atoms with Crippen LogP contribution < -0.4 is 10.6 Å². The molecule has 2 N–H and O–H groups in total. The standard InChI is InChI=1S/C18H22FN3O5/c1-4-18(5-2)16(25)22(17(26)21-18)10-14(23)27-11(3)15(24)20-13-8-6-7-12(19)9-13/h6-9,11H,4-5,10H2,1-3H3,(H,20,24)(H,21,26)/t11-/m1/s1. The van der Waals surface area contributed by atoms with E-state index < -0.39 is 47.8 Å². The maximum atomic E-state index is 13.1. The summed E-state index contributed by atoms with van der Waals surface area (Å²) in [7, 11) is 0. The third-order valence-electron chi connectivity index (χ3n) is 4.51.